The van der Waals surface area contributed by atoms with E-state index in [0.717, 1.165) is 0 Å². The quantitative estimate of drug-likeness (QED) is 0.243. The normalized spacial score (nSPS) is 51.7. The van der Waals surface area contributed by atoms with E-state index in [1.54, 1.807) is 0 Å². The second-order valence-corrected chi connectivity index (χ2v) is 5.53. The molecule has 2 aliphatic rings. The van der Waals surface area contributed by atoms with Crippen LogP contribution in [-0.4, -0.2) is 115 Å². The van der Waals surface area contributed by atoms with Gasteiger partial charge in [-0.1, -0.05) is 0 Å². The summed E-state index contributed by atoms with van der Waals surface area (Å²) in [6.45, 7) is -1.34. The fourth-order valence-corrected chi connectivity index (χ4v) is 2.56. The first-order valence-corrected chi connectivity index (χ1v) is 7.08. The van der Waals surface area contributed by atoms with Crippen molar-refractivity contribution in [2.24, 2.45) is 0 Å². The van der Waals surface area contributed by atoms with E-state index in [9.17, 15) is 30.6 Å². The summed E-state index contributed by atoms with van der Waals surface area (Å²) in [6.07, 6.45) is -15.7. The number of hydrogen-bond acceptors (Lipinski definition) is 11. The van der Waals surface area contributed by atoms with Gasteiger partial charge < -0.3 is 55.1 Å². The Morgan fingerprint density at radius 2 is 1.22 bits per heavy atom. The first-order valence-electron chi connectivity index (χ1n) is 7.08. The van der Waals surface area contributed by atoms with Crippen LogP contribution >= 0.6 is 0 Å². The molecule has 0 radical (unpaired) electrons. The molecule has 0 aromatic heterocycles. The third-order valence-corrected chi connectivity index (χ3v) is 3.98. The molecule has 11 nitrogen and oxygen atoms in total. The van der Waals surface area contributed by atoms with Crippen LogP contribution in [0, 0.1) is 0 Å². The summed E-state index contributed by atoms with van der Waals surface area (Å²) >= 11 is 0. The first-order chi connectivity index (χ1) is 10.8. The van der Waals surface area contributed by atoms with E-state index in [1.165, 1.54) is 0 Å². The van der Waals surface area contributed by atoms with Gasteiger partial charge in [-0.05, 0) is 0 Å². The summed E-state index contributed by atoms with van der Waals surface area (Å²) in [5, 5.41) is 76.8. The van der Waals surface area contributed by atoms with Crippen molar-refractivity contribution >= 4 is 0 Å². The lowest BCUT2D eigenvalue weighted by molar-refractivity contribution is -0.355. The third kappa shape index (κ3) is 3.65. The van der Waals surface area contributed by atoms with Crippen LogP contribution in [0.5, 0.6) is 0 Å². The highest BCUT2D eigenvalue weighted by Crippen LogP contribution is 2.28. The van der Waals surface area contributed by atoms with E-state index in [-0.39, 0.29) is 0 Å². The van der Waals surface area contributed by atoms with E-state index in [2.05, 4.69) is 0 Å². The van der Waals surface area contributed by atoms with Gasteiger partial charge in [-0.15, -0.1) is 0 Å². The Hall–Kier alpha value is -0.440. The standard InChI is InChI=1S/C12H22O11/c13-1-3-5(15)7(17)8(18)12(22-3)23-10-6(16)4(2-14)21-11(20)9(10)19/h3-20H,1-2H2/t3-,4-,5+,6-,7+,8-,9-,10+,11+,12-/m1/s1. The molecule has 136 valence electrons. The summed E-state index contributed by atoms with van der Waals surface area (Å²) in [5.41, 5.74) is 0. The Morgan fingerprint density at radius 3 is 1.78 bits per heavy atom. The van der Waals surface area contributed by atoms with E-state index in [4.69, 9.17) is 24.4 Å². The Morgan fingerprint density at radius 1 is 0.652 bits per heavy atom. The lowest BCUT2D eigenvalue weighted by Crippen LogP contribution is -2.64. The van der Waals surface area contributed by atoms with Crippen molar-refractivity contribution in [3.05, 3.63) is 0 Å². The Bertz CT molecular complexity index is 380. The van der Waals surface area contributed by atoms with Gasteiger partial charge in [0.1, 0.15) is 48.8 Å². The number of aliphatic hydroxyl groups excluding tert-OH is 8. The predicted molar refractivity (Wildman–Crippen MR) is 68.6 cm³/mol. The molecule has 0 spiro atoms. The molecule has 0 unspecified atom stereocenters. The van der Waals surface area contributed by atoms with Gasteiger partial charge in [-0.25, -0.2) is 0 Å². The average Bonchev–Trinajstić information content (AvgIpc) is 2.54. The van der Waals surface area contributed by atoms with Crippen LogP contribution in [-0.2, 0) is 14.2 Å². The van der Waals surface area contributed by atoms with Crippen molar-refractivity contribution < 1.29 is 55.1 Å². The summed E-state index contributed by atoms with van der Waals surface area (Å²) in [6, 6.07) is 0. The molecule has 8 N–H and O–H groups in total. The van der Waals surface area contributed by atoms with Crippen LogP contribution < -0.4 is 0 Å². The van der Waals surface area contributed by atoms with Gasteiger partial charge in [0.2, 0.25) is 0 Å². The zero-order valence-electron chi connectivity index (χ0n) is 12.0. The molecule has 2 heterocycles. The highest BCUT2D eigenvalue weighted by molar-refractivity contribution is 4.93. The minimum Gasteiger partial charge on any atom is -0.394 e. The maximum absolute atomic E-state index is 10.00. The van der Waals surface area contributed by atoms with Crippen molar-refractivity contribution in [2.75, 3.05) is 13.2 Å². The monoisotopic (exact) mass is 342 g/mol. The highest BCUT2D eigenvalue weighted by Gasteiger charge is 2.50. The molecule has 2 rings (SSSR count). The average molecular weight is 342 g/mol. The van der Waals surface area contributed by atoms with E-state index in [1.807, 2.05) is 0 Å². The maximum Gasteiger partial charge on any atom is 0.187 e. The van der Waals surface area contributed by atoms with Crippen molar-refractivity contribution in [3.8, 4) is 0 Å². The zero-order chi connectivity index (χ0) is 17.3. The van der Waals surface area contributed by atoms with Gasteiger partial charge in [0.05, 0.1) is 13.2 Å². The van der Waals surface area contributed by atoms with Gasteiger partial charge in [0.25, 0.3) is 0 Å². The van der Waals surface area contributed by atoms with E-state index in [0.29, 0.717) is 0 Å². The van der Waals surface area contributed by atoms with Crippen molar-refractivity contribution in [1.29, 1.82) is 0 Å². The smallest absolute Gasteiger partial charge is 0.187 e. The van der Waals surface area contributed by atoms with Crippen molar-refractivity contribution in [3.63, 3.8) is 0 Å². The van der Waals surface area contributed by atoms with Gasteiger partial charge in [-0.3, -0.25) is 0 Å². The second kappa shape index (κ2) is 7.63. The molecular formula is C12H22O11. The fraction of sp³-hybridized carbons (Fsp3) is 1.00. The molecule has 0 amide bonds. The summed E-state index contributed by atoms with van der Waals surface area (Å²) in [5.74, 6) is 0. The molecular weight excluding hydrogens is 320 g/mol. The van der Waals surface area contributed by atoms with Gasteiger partial charge >= 0.3 is 0 Å². The second-order valence-electron chi connectivity index (χ2n) is 5.53. The van der Waals surface area contributed by atoms with Crippen LogP contribution in [0.25, 0.3) is 0 Å². The molecule has 0 saturated carbocycles. The van der Waals surface area contributed by atoms with Crippen LogP contribution in [0.2, 0.25) is 0 Å². The fourth-order valence-electron chi connectivity index (χ4n) is 2.56. The summed E-state index contributed by atoms with van der Waals surface area (Å²) < 4.78 is 15.1. The Labute approximate surface area is 130 Å². The predicted octanol–water partition coefficient (Wildman–Crippen LogP) is -5.40. The molecule has 0 aliphatic carbocycles. The highest BCUT2D eigenvalue weighted by atomic mass is 16.7. The summed E-state index contributed by atoms with van der Waals surface area (Å²) in [4.78, 5) is 0. The van der Waals surface area contributed by atoms with Crippen molar-refractivity contribution in [1.82, 2.24) is 0 Å². The minimum atomic E-state index is -1.76. The molecule has 0 bridgehead atoms. The van der Waals surface area contributed by atoms with Crippen LogP contribution in [0.1, 0.15) is 0 Å². The van der Waals surface area contributed by atoms with Crippen LogP contribution in [0.3, 0.4) is 0 Å². The van der Waals surface area contributed by atoms with Gasteiger partial charge in [0.15, 0.2) is 12.6 Å². The Balaban J connectivity index is 2.11. The lowest BCUT2D eigenvalue weighted by atomic mass is 9.97. The molecule has 0 aromatic carbocycles. The van der Waals surface area contributed by atoms with Crippen LogP contribution in [0.4, 0.5) is 0 Å². The molecule has 11 heteroatoms. The van der Waals surface area contributed by atoms with Crippen LogP contribution in [0.15, 0.2) is 0 Å². The zero-order valence-corrected chi connectivity index (χ0v) is 12.0. The largest absolute Gasteiger partial charge is 0.394 e. The SMILES string of the molecule is OC[C@H]1O[C@H](O[C@@H]2[C@@H](O)[C@@H](O)O[C@H](CO)[C@H]2O)[C@H](O)[C@@H](O)[C@H]1O. The maximum atomic E-state index is 10.00. The van der Waals surface area contributed by atoms with E-state index >= 15 is 0 Å². The molecule has 2 fully saturated rings. The van der Waals surface area contributed by atoms with E-state index < -0.39 is 74.6 Å². The summed E-state index contributed by atoms with van der Waals surface area (Å²) in [7, 11) is 0. The number of hydrogen-bond donors (Lipinski definition) is 8. The van der Waals surface area contributed by atoms with Gasteiger partial charge in [-0.2, -0.15) is 0 Å². The molecule has 2 saturated heterocycles. The number of ether oxygens (including phenoxy) is 3. The molecule has 2 aliphatic heterocycles. The lowest BCUT2D eigenvalue weighted by Gasteiger charge is -2.45. The first kappa shape index (κ1) is 18.9. The number of aliphatic hydroxyl groups is 8. The Kier molecular flexibility index (Phi) is 6.27. The number of rotatable bonds is 4. The molecule has 0 aromatic rings. The minimum absolute atomic E-state index is 0.667. The van der Waals surface area contributed by atoms with Crippen molar-refractivity contribution in [2.45, 2.75) is 61.4 Å². The third-order valence-electron chi connectivity index (χ3n) is 3.98. The van der Waals surface area contributed by atoms with Gasteiger partial charge in [0, 0.05) is 0 Å². The topological polar surface area (TPSA) is 190 Å². The molecule has 23 heavy (non-hydrogen) atoms. The molecule has 10 atom stereocenters.